The summed E-state index contributed by atoms with van der Waals surface area (Å²) in [5, 5.41) is 7.77. The highest BCUT2D eigenvalue weighted by atomic mass is 16.3. The SMILES string of the molecule is C[C@]1(C(=O)NC2CCCCC2)Cn2nc(-c3ccco3)cc2C(=O)N1Cc1ccco1. The fraction of sp³-hybridized carbons (Fsp3) is 0.435. The fourth-order valence-corrected chi connectivity index (χ4v) is 4.58. The third-order valence-electron chi connectivity index (χ3n) is 6.39. The number of amides is 2. The molecule has 1 aliphatic carbocycles. The van der Waals surface area contributed by atoms with Crippen molar-refractivity contribution in [2.24, 2.45) is 0 Å². The standard InChI is InChI=1S/C23H26N4O4/c1-23(22(29)24-16-7-3-2-4-8-16)15-27-19(13-18(25-27)20-10-6-12-31-20)21(28)26(23)14-17-9-5-11-30-17/h5-6,9-13,16H,2-4,7-8,14-15H2,1H3,(H,24,29)/t23-/m1/s1. The lowest BCUT2D eigenvalue weighted by molar-refractivity contribution is -0.134. The topological polar surface area (TPSA) is 93.5 Å². The third kappa shape index (κ3) is 3.56. The van der Waals surface area contributed by atoms with Gasteiger partial charge in [0.05, 0.1) is 25.6 Å². The van der Waals surface area contributed by atoms with Crippen LogP contribution in [0, 0.1) is 0 Å². The average Bonchev–Trinajstić information content (AvgIpc) is 3.53. The Balaban J connectivity index is 1.49. The highest BCUT2D eigenvalue weighted by Crippen LogP contribution is 2.32. The maximum absolute atomic E-state index is 13.6. The van der Waals surface area contributed by atoms with E-state index in [0.717, 1.165) is 25.7 Å². The second-order valence-electron chi connectivity index (χ2n) is 8.60. The molecule has 2 amide bonds. The van der Waals surface area contributed by atoms with Crippen molar-refractivity contribution in [3.8, 4) is 11.5 Å². The summed E-state index contributed by atoms with van der Waals surface area (Å²) < 4.78 is 12.6. The second kappa shape index (κ2) is 7.76. The van der Waals surface area contributed by atoms with E-state index in [0.29, 0.717) is 22.9 Å². The summed E-state index contributed by atoms with van der Waals surface area (Å²) >= 11 is 0. The van der Waals surface area contributed by atoms with Gasteiger partial charge in [-0.25, -0.2) is 0 Å². The number of hydrogen-bond donors (Lipinski definition) is 1. The lowest BCUT2D eigenvalue weighted by Gasteiger charge is -2.43. The zero-order chi connectivity index (χ0) is 21.4. The van der Waals surface area contributed by atoms with Crippen molar-refractivity contribution in [2.45, 2.75) is 63.7 Å². The molecule has 1 saturated carbocycles. The minimum atomic E-state index is -1.10. The molecule has 0 radical (unpaired) electrons. The van der Waals surface area contributed by atoms with E-state index in [2.05, 4.69) is 10.4 Å². The summed E-state index contributed by atoms with van der Waals surface area (Å²) in [7, 11) is 0. The highest BCUT2D eigenvalue weighted by Gasteiger charge is 2.48. The smallest absolute Gasteiger partial charge is 0.273 e. The maximum atomic E-state index is 13.6. The predicted octanol–water partition coefficient (Wildman–Crippen LogP) is 3.60. The molecule has 1 aliphatic heterocycles. The quantitative estimate of drug-likeness (QED) is 0.678. The van der Waals surface area contributed by atoms with Crippen LogP contribution < -0.4 is 5.32 Å². The monoisotopic (exact) mass is 422 g/mol. The van der Waals surface area contributed by atoms with Gasteiger partial charge in [-0.05, 0) is 44.0 Å². The summed E-state index contributed by atoms with van der Waals surface area (Å²) in [6.07, 6.45) is 8.54. The van der Waals surface area contributed by atoms with Crippen LogP contribution >= 0.6 is 0 Å². The minimum absolute atomic E-state index is 0.149. The molecule has 8 heteroatoms. The first-order chi connectivity index (χ1) is 15.0. The van der Waals surface area contributed by atoms with Gasteiger partial charge in [0.15, 0.2) is 5.76 Å². The Morgan fingerprint density at radius 1 is 1.19 bits per heavy atom. The fourth-order valence-electron chi connectivity index (χ4n) is 4.58. The highest BCUT2D eigenvalue weighted by molar-refractivity contribution is 6.00. The number of nitrogens with zero attached hydrogens (tertiary/aromatic N) is 3. The summed E-state index contributed by atoms with van der Waals surface area (Å²) in [5.74, 6) is 0.805. The van der Waals surface area contributed by atoms with Crippen LogP contribution in [0.25, 0.3) is 11.5 Å². The normalized spacial score (nSPS) is 21.8. The van der Waals surface area contributed by atoms with Crippen LogP contribution in [0.1, 0.15) is 55.3 Å². The van der Waals surface area contributed by atoms with Crippen molar-refractivity contribution in [2.75, 3.05) is 0 Å². The molecule has 8 nitrogen and oxygen atoms in total. The Bertz CT molecular complexity index is 1060. The summed E-state index contributed by atoms with van der Waals surface area (Å²) in [6, 6.07) is 9.04. The van der Waals surface area contributed by atoms with E-state index in [4.69, 9.17) is 8.83 Å². The maximum Gasteiger partial charge on any atom is 0.273 e. The van der Waals surface area contributed by atoms with E-state index in [1.165, 1.54) is 6.42 Å². The molecule has 0 bridgehead atoms. The average molecular weight is 422 g/mol. The van der Waals surface area contributed by atoms with Gasteiger partial charge in [0.2, 0.25) is 5.91 Å². The van der Waals surface area contributed by atoms with E-state index in [9.17, 15) is 9.59 Å². The molecular weight excluding hydrogens is 396 g/mol. The molecule has 1 atom stereocenters. The molecule has 2 aliphatic rings. The van der Waals surface area contributed by atoms with E-state index in [-0.39, 0.29) is 30.9 Å². The van der Waals surface area contributed by atoms with Crippen molar-refractivity contribution < 1.29 is 18.4 Å². The van der Waals surface area contributed by atoms with Crippen molar-refractivity contribution in [3.05, 3.63) is 54.3 Å². The lowest BCUT2D eigenvalue weighted by Crippen LogP contribution is -2.64. The van der Waals surface area contributed by atoms with Gasteiger partial charge >= 0.3 is 0 Å². The first-order valence-electron chi connectivity index (χ1n) is 10.8. The van der Waals surface area contributed by atoms with Gasteiger partial charge in [-0.1, -0.05) is 19.3 Å². The molecule has 5 rings (SSSR count). The van der Waals surface area contributed by atoms with Gasteiger partial charge in [0.25, 0.3) is 5.91 Å². The Morgan fingerprint density at radius 2 is 1.97 bits per heavy atom. The van der Waals surface area contributed by atoms with Crippen LogP contribution in [0.15, 0.2) is 51.7 Å². The van der Waals surface area contributed by atoms with E-state index in [1.54, 1.807) is 46.4 Å². The zero-order valence-electron chi connectivity index (χ0n) is 17.5. The summed E-state index contributed by atoms with van der Waals surface area (Å²) in [5.41, 5.74) is -0.0926. The molecule has 31 heavy (non-hydrogen) atoms. The van der Waals surface area contributed by atoms with Crippen LogP contribution in [0.4, 0.5) is 0 Å². The largest absolute Gasteiger partial charge is 0.467 e. The molecule has 3 aromatic rings. The van der Waals surface area contributed by atoms with Gasteiger partial charge in [-0.2, -0.15) is 5.10 Å². The Kier molecular flexibility index (Phi) is 4.92. The predicted molar refractivity (Wildman–Crippen MR) is 112 cm³/mol. The molecule has 0 aromatic carbocycles. The number of carbonyl (C=O) groups is 2. The number of rotatable bonds is 5. The Labute approximate surface area is 180 Å². The molecule has 4 heterocycles. The van der Waals surface area contributed by atoms with E-state index < -0.39 is 5.54 Å². The van der Waals surface area contributed by atoms with Crippen molar-refractivity contribution in [3.63, 3.8) is 0 Å². The van der Waals surface area contributed by atoms with Crippen LogP contribution in [0.2, 0.25) is 0 Å². The Morgan fingerprint density at radius 3 is 2.68 bits per heavy atom. The van der Waals surface area contributed by atoms with Crippen LogP contribution in [0.5, 0.6) is 0 Å². The number of furan rings is 2. The number of carbonyl (C=O) groups excluding carboxylic acids is 2. The minimum Gasteiger partial charge on any atom is -0.467 e. The van der Waals surface area contributed by atoms with Crippen molar-refractivity contribution in [1.29, 1.82) is 0 Å². The first kappa shape index (κ1) is 19.7. The lowest BCUT2D eigenvalue weighted by atomic mass is 9.91. The molecule has 0 spiro atoms. The molecule has 0 unspecified atom stereocenters. The molecule has 3 aromatic heterocycles. The number of fused-ring (bicyclic) bond motifs is 1. The van der Waals surface area contributed by atoms with Crippen molar-refractivity contribution >= 4 is 11.8 Å². The molecule has 1 fully saturated rings. The summed E-state index contributed by atoms with van der Waals surface area (Å²) in [4.78, 5) is 28.7. The molecule has 162 valence electrons. The van der Waals surface area contributed by atoms with Gasteiger partial charge < -0.3 is 19.1 Å². The zero-order valence-corrected chi connectivity index (χ0v) is 17.5. The number of nitrogens with one attached hydrogen (secondary N) is 1. The van der Waals surface area contributed by atoms with E-state index in [1.807, 2.05) is 13.0 Å². The van der Waals surface area contributed by atoms with Crippen LogP contribution in [-0.2, 0) is 17.9 Å². The molecule has 0 saturated heterocycles. The van der Waals surface area contributed by atoms with Gasteiger partial charge in [0.1, 0.15) is 22.7 Å². The first-order valence-corrected chi connectivity index (χ1v) is 10.8. The summed E-state index contributed by atoms with van der Waals surface area (Å²) in [6.45, 7) is 2.28. The number of aromatic nitrogens is 2. The Hall–Kier alpha value is -3.29. The van der Waals surface area contributed by atoms with Gasteiger partial charge in [-0.15, -0.1) is 0 Å². The van der Waals surface area contributed by atoms with Crippen LogP contribution in [0.3, 0.4) is 0 Å². The van der Waals surface area contributed by atoms with Gasteiger partial charge in [-0.3, -0.25) is 14.3 Å². The molecular formula is C23H26N4O4. The van der Waals surface area contributed by atoms with Gasteiger partial charge in [0, 0.05) is 12.1 Å². The number of hydrogen-bond acceptors (Lipinski definition) is 5. The van der Waals surface area contributed by atoms with Crippen molar-refractivity contribution in [1.82, 2.24) is 20.0 Å². The third-order valence-corrected chi connectivity index (χ3v) is 6.39. The molecule has 1 N–H and O–H groups in total. The van der Waals surface area contributed by atoms with E-state index >= 15 is 0 Å². The van der Waals surface area contributed by atoms with Crippen LogP contribution in [-0.4, -0.2) is 38.1 Å². The second-order valence-corrected chi connectivity index (χ2v) is 8.60.